The molecule has 1 fully saturated rings. The van der Waals surface area contributed by atoms with Crippen LogP contribution in [0.4, 0.5) is 0 Å². The van der Waals surface area contributed by atoms with Crippen LogP contribution in [0.25, 0.3) is 0 Å². The van der Waals surface area contributed by atoms with E-state index in [0.29, 0.717) is 18.8 Å². The van der Waals surface area contributed by atoms with Crippen LogP contribution in [-0.4, -0.2) is 42.1 Å². The predicted molar refractivity (Wildman–Crippen MR) is 70.2 cm³/mol. The van der Waals surface area contributed by atoms with E-state index in [2.05, 4.69) is 4.98 Å². The van der Waals surface area contributed by atoms with Crippen LogP contribution >= 0.6 is 23.2 Å². The lowest BCUT2D eigenvalue weighted by Crippen LogP contribution is -2.40. The number of carbonyl (C=O) groups excluding carboxylic acids is 1. The van der Waals surface area contributed by atoms with Crippen LogP contribution in [0.2, 0.25) is 10.3 Å². The van der Waals surface area contributed by atoms with Gasteiger partial charge < -0.3 is 9.64 Å². The van der Waals surface area contributed by atoms with Gasteiger partial charge in [-0.05, 0) is 25.0 Å². The molecule has 1 aliphatic heterocycles. The molecular formula is C12H14Cl2N2O2. The molecule has 0 aliphatic carbocycles. The third kappa shape index (κ3) is 2.94. The van der Waals surface area contributed by atoms with E-state index in [1.54, 1.807) is 24.1 Å². The van der Waals surface area contributed by atoms with E-state index in [4.69, 9.17) is 27.9 Å². The largest absolute Gasteiger partial charge is 0.381 e. The zero-order valence-electron chi connectivity index (χ0n) is 10.0. The van der Waals surface area contributed by atoms with Crippen LogP contribution < -0.4 is 0 Å². The Bertz CT molecular complexity index is 448. The topological polar surface area (TPSA) is 42.4 Å². The standard InChI is InChI=1S/C12H14Cl2N2O2/c1-16(8-4-6-18-7-5-8)12(17)9-2-3-10(13)15-11(9)14/h2-3,8H,4-7H2,1H3. The van der Waals surface area contributed by atoms with Crippen molar-refractivity contribution in [2.24, 2.45) is 0 Å². The van der Waals surface area contributed by atoms with Crippen molar-refractivity contribution in [1.29, 1.82) is 0 Å². The fourth-order valence-electron chi connectivity index (χ4n) is 2.00. The van der Waals surface area contributed by atoms with Gasteiger partial charge in [0.15, 0.2) is 0 Å². The maximum absolute atomic E-state index is 12.3. The molecule has 0 N–H and O–H groups in total. The van der Waals surface area contributed by atoms with Crippen molar-refractivity contribution in [3.8, 4) is 0 Å². The lowest BCUT2D eigenvalue weighted by atomic mass is 10.1. The van der Waals surface area contributed by atoms with Crippen LogP contribution in [-0.2, 0) is 4.74 Å². The molecule has 1 saturated heterocycles. The highest BCUT2D eigenvalue weighted by molar-refractivity contribution is 6.34. The fourth-order valence-corrected chi connectivity index (χ4v) is 2.43. The molecule has 0 aromatic carbocycles. The van der Waals surface area contributed by atoms with Crippen LogP contribution in [0.5, 0.6) is 0 Å². The molecule has 0 unspecified atom stereocenters. The fraction of sp³-hybridized carbons (Fsp3) is 0.500. The molecule has 1 amide bonds. The number of hydrogen-bond acceptors (Lipinski definition) is 3. The van der Waals surface area contributed by atoms with Crippen LogP contribution in [0, 0.1) is 0 Å². The molecule has 2 heterocycles. The molecule has 0 atom stereocenters. The average molecular weight is 289 g/mol. The van der Waals surface area contributed by atoms with E-state index in [-0.39, 0.29) is 22.3 Å². The summed E-state index contributed by atoms with van der Waals surface area (Å²) in [6, 6.07) is 3.37. The van der Waals surface area contributed by atoms with E-state index in [0.717, 1.165) is 12.8 Å². The molecule has 1 aromatic rings. The van der Waals surface area contributed by atoms with Crippen LogP contribution in [0.3, 0.4) is 0 Å². The molecular weight excluding hydrogens is 275 g/mol. The van der Waals surface area contributed by atoms with Crippen molar-refractivity contribution in [1.82, 2.24) is 9.88 Å². The number of pyridine rings is 1. The Balaban J connectivity index is 2.14. The molecule has 18 heavy (non-hydrogen) atoms. The first-order valence-corrected chi connectivity index (χ1v) is 6.52. The first-order valence-electron chi connectivity index (χ1n) is 5.76. The van der Waals surface area contributed by atoms with E-state index in [1.165, 1.54) is 0 Å². The SMILES string of the molecule is CN(C(=O)c1ccc(Cl)nc1Cl)C1CCOCC1. The normalized spacial score (nSPS) is 16.6. The smallest absolute Gasteiger partial charge is 0.256 e. The van der Waals surface area contributed by atoms with Crippen molar-refractivity contribution in [3.63, 3.8) is 0 Å². The van der Waals surface area contributed by atoms with E-state index >= 15 is 0 Å². The Morgan fingerprint density at radius 3 is 2.67 bits per heavy atom. The second-order valence-electron chi connectivity index (χ2n) is 4.23. The highest BCUT2D eigenvalue weighted by Gasteiger charge is 2.25. The second kappa shape index (κ2) is 5.87. The van der Waals surface area contributed by atoms with Gasteiger partial charge in [0, 0.05) is 26.3 Å². The predicted octanol–water partition coefficient (Wildman–Crippen LogP) is 2.64. The summed E-state index contributed by atoms with van der Waals surface area (Å²) in [6.45, 7) is 1.38. The highest BCUT2D eigenvalue weighted by Crippen LogP contribution is 2.21. The lowest BCUT2D eigenvalue weighted by molar-refractivity contribution is 0.0362. The minimum Gasteiger partial charge on any atom is -0.381 e. The molecule has 0 spiro atoms. The first kappa shape index (κ1) is 13.6. The quantitative estimate of drug-likeness (QED) is 0.786. The Morgan fingerprint density at radius 2 is 2.06 bits per heavy atom. The van der Waals surface area contributed by atoms with Gasteiger partial charge in [-0.3, -0.25) is 4.79 Å². The van der Waals surface area contributed by atoms with Crippen molar-refractivity contribution in [2.45, 2.75) is 18.9 Å². The van der Waals surface area contributed by atoms with E-state index < -0.39 is 0 Å². The zero-order valence-corrected chi connectivity index (χ0v) is 11.5. The average Bonchev–Trinajstić information content (AvgIpc) is 2.38. The molecule has 0 bridgehead atoms. The molecule has 2 rings (SSSR count). The Kier molecular flexibility index (Phi) is 4.43. The van der Waals surface area contributed by atoms with Crippen molar-refractivity contribution >= 4 is 29.1 Å². The minimum atomic E-state index is -0.129. The summed E-state index contributed by atoms with van der Waals surface area (Å²) in [5.41, 5.74) is 0.384. The van der Waals surface area contributed by atoms with Crippen molar-refractivity contribution < 1.29 is 9.53 Å². The van der Waals surface area contributed by atoms with Gasteiger partial charge in [0.05, 0.1) is 5.56 Å². The van der Waals surface area contributed by atoms with Crippen LogP contribution in [0.15, 0.2) is 12.1 Å². The maximum atomic E-state index is 12.3. The zero-order chi connectivity index (χ0) is 13.1. The summed E-state index contributed by atoms with van der Waals surface area (Å²) < 4.78 is 5.28. The van der Waals surface area contributed by atoms with E-state index in [9.17, 15) is 4.79 Å². The monoisotopic (exact) mass is 288 g/mol. The van der Waals surface area contributed by atoms with Crippen molar-refractivity contribution in [3.05, 3.63) is 28.0 Å². The number of ether oxygens (including phenoxy) is 1. The van der Waals surface area contributed by atoms with Crippen LogP contribution in [0.1, 0.15) is 23.2 Å². The number of halogens is 2. The summed E-state index contributed by atoms with van der Waals surface area (Å²) in [7, 11) is 1.78. The van der Waals surface area contributed by atoms with Gasteiger partial charge in [-0.15, -0.1) is 0 Å². The summed E-state index contributed by atoms with van der Waals surface area (Å²) in [4.78, 5) is 17.9. The first-order chi connectivity index (χ1) is 8.59. The summed E-state index contributed by atoms with van der Waals surface area (Å²) in [5.74, 6) is -0.129. The van der Waals surface area contributed by atoms with Crippen molar-refractivity contribution in [2.75, 3.05) is 20.3 Å². The summed E-state index contributed by atoms with van der Waals surface area (Å²) in [6.07, 6.45) is 1.70. The Labute approximate surface area is 116 Å². The number of amides is 1. The molecule has 1 aliphatic rings. The number of hydrogen-bond donors (Lipinski definition) is 0. The molecule has 0 radical (unpaired) electrons. The molecule has 4 nitrogen and oxygen atoms in total. The van der Waals surface area contributed by atoms with Gasteiger partial charge in [0.1, 0.15) is 10.3 Å². The minimum absolute atomic E-state index is 0.129. The molecule has 1 aromatic heterocycles. The third-order valence-corrected chi connectivity index (χ3v) is 3.60. The number of rotatable bonds is 2. The van der Waals surface area contributed by atoms with Gasteiger partial charge in [-0.25, -0.2) is 4.98 Å². The third-order valence-electron chi connectivity index (χ3n) is 3.10. The lowest BCUT2D eigenvalue weighted by Gasteiger charge is -2.31. The van der Waals surface area contributed by atoms with Gasteiger partial charge in [0.25, 0.3) is 5.91 Å². The number of carbonyl (C=O) groups is 1. The molecule has 6 heteroatoms. The van der Waals surface area contributed by atoms with Gasteiger partial charge in [-0.1, -0.05) is 23.2 Å². The second-order valence-corrected chi connectivity index (χ2v) is 4.98. The Morgan fingerprint density at radius 1 is 1.39 bits per heavy atom. The van der Waals surface area contributed by atoms with Gasteiger partial charge in [0.2, 0.25) is 0 Å². The number of aromatic nitrogens is 1. The van der Waals surface area contributed by atoms with E-state index in [1.807, 2.05) is 0 Å². The van der Waals surface area contributed by atoms with Gasteiger partial charge >= 0.3 is 0 Å². The maximum Gasteiger partial charge on any atom is 0.256 e. The molecule has 0 saturated carbocycles. The van der Waals surface area contributed by atoms with Gasteiger partial charge in [-0.2, -0.15) is 0 Å². The summed E-state index contributed by atoms with van der Waals surface area (Å²) >= 11 is 11.7. The molecule has 98 valence electrons. The highest BCUT2D eigenvalue weighted by atomic mass is 35.5. The summed E-state index contributed by atoms with van der Waals surface area (Å²) in [5, 5.41) is 0.427. The number of nitrogens with zero attached hydrogens (tertiary/aromatic N) is 2. The Hall–Kier alpha value is -0.840.